The number of nitrogens with one attached hydrogen (secondary N) is 1. The van der Waals surface area contributed by atoms with Crippen molar-refractivity contribution in [3.8, 4) is 0 Å². The molecule has 3 heterocycles. The van der Waals surface area contributed by atoms with Crippen LogP contribution in [0.15, 0.2) is 45.6 Å². The molecule has 0 bridgehead atoms. The molecular weight excluding hydrogens is 358 g/mol. The van der Waals surface area contributed by atoms with E-state index in [1.54, 1.807) is 41.4 Å². The van der Waals surface area contributed by atoms with Crippen molar-refractivity contribution in [2.45, 2.75) is 30.8 Å². The molecule has 130 valence electrons. The first-order chi connectivity index (χ1) is 12.0. The number of hydrogen-bond donors (Lipinski definition) is 1. The highest BCUT2D eigenvalue weighted by Gasteiger charge is 2.32. The average molecular weight is 375 g/mol. The van der Waals surface area contributed by atoms with Crippen molar-refractivity contribution in [1.29, 1.82) is 0 Å². The summed E-state index contributed by atoms with van der Waals surface area (Å²) in [6.45, 7) is 2.97. The Bertz CT molecular complexity index is 979. The van der Waals surface area contributed by atoms with Gasteiger partial charge >= 0.3 is 0 Å². The van der Waals surface area contributed by atoms with Crippen LogP contribution < -0.4 is 4.72 Å². The van der Waals surface area contributed by atoms with Gasteiger partial charge in [-0.3, -0.25) is 14.5 Å². The summed E-state index contributed by atoms with van der Waals surface area (Å²) in [6.07, 6.45) is 0.859. The van der Waals surface area contributed by atoms with Crippen molar-refractivity contribution in [2.75, 3.05) is 6.54 Å². The van der Waals surface area contributed by atoms with E-state index in [4.69, 9.17) is 0 Å². The first-order valence-electron chi connectivity index (χ1n) is 8.00. The molecule has 0 fully saturated rings. The maximum atomic E-state index is 12.7. The van der Waals surface area contributed by atoms with Gasteiger partial charge in [0.05, 0.1) is 4.90 Å². The van der Waals surface area contributed by atoms with E-state index in [1.165, 1.54) is 16.5 Å². The Hall–Kier alpha value is -2.19. The lowest BCUT2D eigenvalue weighted by Crippen LogP contribution is -2.40. The number of aliphatic imine (C=N–C) groups is 1. The quantitative estimate of drug-likeness (QED) is 0.869. The molecule has 0 aliphatic carbocycles. The van der Waals surface area contributed by atoms with Gasteiger partial charge in [0.1, 0.15) is 11.9 Å². The number of amidine groups is 1. The predicted octanol–water partition coefficient (Wildman–Crippen LogP) is 1.76. The van der Waals surface area contributed by atoms with Crippen molar-refractivity contribution in [3.63, 3.8) is 0 Å². The van der Waals surface area contributed by atoms with Crippen LogP contribution in [0.2, 0.25) is 0 Å². The molecule has 4 rings (SSSR count). The van der Waals surface area contributed by atoms with Crippen molar-refractivity contribution >= 4 is 33.1 Å². The topological polar surface area (TPSA) is 78.8 Å². The van der Waals surface area contributed by atoms with E-state index in [1.807, 2.05) is 5.38 Å². The number of thiophene rings is 1. The zero-order valence-corrected chi connectivity index (χ0v) is 15.2. The molecular formula is C17H17N3O3S2. The third kappa shape index (κ3) is 2.85. The van der Waals surface area contributed by atoms with E-state index in [0.717, 1.165) is 6.42 Å². The molecule has 2 aliphatic rings. The molecule has 0 unspecified atom stereocenters. The zero-order valence-electron chi connectivity index (χ0n) is 13.6. The van der Waals surface area contributed by atoms with Gasteiger partial charge in [-0.15, -0.1) is 11.3 Å². The third-order valence-corrected chi connectivity index (χ3v) is 6.88. The third-order valence-electron chi connectivity index (χ3n) is 4.46. The molecule has 1 atom stereocenters. The van der Waals surface area contributed by atoms with Crippen LogP contribution in [-0.4, -0.2) is 37.6 Å². The van der Waals surface area contributed by atoms with E-state index in [2.05, 4.69) is 15.8 Å². The minimum atomic E-state index is -3.59. The fourth-order valence-electron chi connectivity index (χ4n) is 3.18. The predicted molar refractivity (Wildman–Crippen MR) is 96.2 cm³/mol. The van der Waals surface area contributed by atoms with E-state index < -0.39 is 16.1 Å². The molecule has 6 nitrogen and oxygen atoms in total. The number of amides is 1. The van der Waals surface area contributed by atoms with Gasteiger partial charge in [0, 0.05) is 23.5 Å². The summed E-state index contributed by atoms with van der Waals surface area (Å²) >= 11 is 1.72. The number of carbonyl (C=O) groups is 1. The molecule has 2 aliphatic heterocycles. The highest BCUT2D eigenvalue weighted by atomic mass is 32.2. The van der Waals surface area contributed by atoms with Gasteiger partial charge in [-0.05, 0) is 42.5 Å². The van der Waals surface area contributed by atoms with E-state index in [0.29, 0.717) is 18.7 Å². The Labute approximate surface area is 150 Å². The molecule has 1 amide bonds. The molecule has 2 aromatic rings. The lowest BCUT2D eigenvalue weighted by molar-refractivity contribution is -0.133. The van der Waals surface area contributed by atoms with Crippen LogP contribution in [0.4, 0.5) is 0 Å². The molecule has 8 heteroatoms. The number of hydrogen-bond acceptors (Lipinski definition) is 5. The first kappa shape index (κ1) is 16.3. The Morgan fingerprint density at radius 2 is 2.12 bits per heavy atom. The van der Waals surface area contributed by atoms with Crippen LogP contribution in [0.5, 0.6) is 0 Å². The van der Waals surface area contributed by atoms with Gasteiger partial charge in [-0.2, -0.15) is 0 Å². The standard InChI is InChI=1S/C17H17N3O3S2/c1-11(17(21)20-8-6-14-12(10-20)7-9-24-14)18-16-13-4-2-3-5-15(13)25(22,23)19-16/h2-5,7,9,11H,6,8,10H2,1H3,(H,18,19)/t11-/m0/s1. The fourth-order valence-corrected chi connectivity index (χ4v) is 5.31. The lowest BCUT2D eigenvalue weighted by atomic mass is 10.1. The number of sulfonamides is 1. The molecule has 0 saturated heterocycles. The molecule has 0 radical (unpaired) electrons. The van der Waals surface area contributed by atoms with Crippen LogP contribution in [0.3, 0.4) is 0 Å². The Morgan fingerprint density at radius 3 is 2.96 bits per heavy atom. The van der Waals surface area contributed by atoms with Gasteiger partial charge < -0.3 is 4.90 Å². The maximum absolute atomic E-state index is 12.7. The fraction of sp³-hybridized carbons (Fsp3) is 0.294. The van der Waals surface area contributed by atoms with Gasteiger partial charge in [-0.25, -0.2) is 8.42 Å². The Morgan fingerprint density at radius 1 is 1.32 bits per heavy atom. The van der Waals surface area contributed by atoms with Gasteiger partial charge in [0.15, 0.2) is 0 Å². The van der Waals surface area contributed by atoms with Gasteiger partial charge in [-0.1, -0.05) is 12.1 Å². The summed E-state index contributed by atoms with van der Waals surface area (Å²) in [7, 11) is -3.59. The molecule has 0 spiro atoms. The largest absolute Gasteiger partial charge is 0.336 e. The summed E-state index contributed by atoms with van der Waals surface area (Å²) in [5.74, 6) is 0.151. The summed E-state index contributed by atoms with van der Waals surface area (Å²) in [6, 6.07) is 8.06. The Balaban J connectivity index is 1.57. The molecule has 25 heavy (non-hydrogen) atoms. The number of fused-ring (bicyclic) bond motifs is 2. The number of carbonyl (C=O) groups excluding carboxylic acids is 1. The second-order valence-electron chi connectivity index (χ2n) is 6.13. The SMILES string of the molecule is C[C@H](N=C1NS(=O)(=O)c2ccccc21)C(=O)N1CCc2sccc2C1. The zero-order chi connectivity index (χ0) is 17.6. The average Bonchev–Trinajstić information content (AvgIpc) is 3.16. The van der Waals surface area contributed by atoms with Gasteiger partial charge in [0.2, 0.25) is 5.91 Å². The van der Waals surface area contributed by atoms with Crippen molar-refractivity contribution in [1.82, 2.24) is 9.62 Å². The summed E-state index contributed by atoms with van der Waals surface area (Å²) in [5.41, 5.74) is 1.71. The smallest absolute Gasteiger partial charge is 0.263 e. The summed E-state index contributed by atoms with van der Waals surface area (Å²) < 4.78 is 26.7. The second kappa shape index (κ2) is 5.96. The molecule has 0 saturated carbocycles. The highest BCUT2D eigenvalue weighted by Crippen LogP contribution is 2.25. The highest BCUT2D eigenvalue weighted by molar-refractivity contribution is 7.90. The number of benzene rings is 1. The molecule has 1 aromatic carbocycles. The molecule has 1 aromatic heterocycles. The number of rotatable bonds is 2. The lowest BCUT2D eigenvalue weighted by Gasteiger charge is -2.28. The summed E-state index contributed by atoms with van der Waals surface area (Å²) in [5, 5.41) is 2.05. The van der Waals surface area contributed by atoms with Crippen LogP contribution in [0.1, 0.15) is 22.9 Å². The first-order valence-corrected chi connectivity index (χ1v) is 10.4. The van der Waals surface area contributed by atoms with E-state index in [9.17, 15) is 13.2 Å². The molecule has 1 N–H and O–H groups in total. The van der Waals surface area contributed by atoms with Crippen LogP contribution in [0, 0.1) is 0 Å². The van der Waals surface area contributed by atoms with E-state index in [-0.39, 0.29) is 16.6 Å². The number of nitrogens with zero attached hydrogens (tertiary/aromatic N) is 2. The van der Waals surface area contributed by atoms with Gasteiger partial charge in [0.25, 0.3) is 10.0 Å². The van der Waals surface area contributed by atoms with Crippen molar-refractivity contribution in [2.24, 2.45) is 4.99 Å². The van der Waals surface area contributed by atoms with Crippen molar-refractivity contribution < 1.29 is 13.2 Å². The normalized spacial score (nSPS) is 20.7. The Kier molecular flexibility index (Phi) is 3.88. The van der Waals surface area contributed by atoms with Crippen LogP contribution in [0.25, 0.3) is 0 Å². The second-order valence-corrected chi connectivity index (χ2v) is 8.79. The van der Waals surface area contributed by atoms with Crippen molar-refractivity contribution in [3.05, 3.63) is 51.7 Å². The van der Waals surface area contributed by atoms with Crippen LogP contribution >= 0.6 is 11.3 Å². The minimum absolute atomic E-state index is 0.0899. The minimum Gasteiger partial charge on any atom is -0.336 e. The van der Waals surface area contributed by atoms with E-state index >= 15 is 0 Å². The van der Waals surface area contributed by atoms with Crippen LogP contribution in [-0.2, 0) is 27.8 Å². The summed E-state index contributed by atoms with van der Waals surface area (Å²) in [4.78, 5) is 20.4. The monoisotopic (exact) mass is 375 g/mol. The maximum Gasteiger partial charge on any atom is 0.263 e.